The van der Waals surface area contributed by atoms with Crippen LogP contribution in [0.1, 0.15) is 12.5 Å². The molecule has 0 aliphatic carbocycles. The third-order valence-electron chi connectivity index (χ3n) is 4.15. The zero-order chi connectivity index (χ0) is 19.8. The van der Waals surface area contributed by atoms with Crippen molar-refractivity contribution in [1.29, 1.82) is 0 Å². The molecular formula is C18H12Cl3N5O2. The van der Waals surface area contributed by atoms with Crippen molar-refractivity contribution in [3.8, 4) is 11.4 Å². The summed E-state index contributed by atoms with van der Waals surface area (Å²) in [7, 11) is 0. The summed E-state index contributed by atoms with van der Waals surface area (Å²) >= 11 is 17.9. The molecule has 1 aliphatic heterocycles. The number of rotatable bonds is 4. The van der Waals surface area contributed by atoms with Gasteiger partial charge in [-0.3, -0.25) is 14.9 Å². The summed E-state index contributed by atoms with van der Waals surface area (Å²) in [5.41, 5.74) is 1.12. The standard InChI is InChI=1S/C18H12Cl3N5O2/c19-10-3-1-9(2-4-10)16-23-18-24-17(28)14(26(18)25-16)8-15(27)22-13-7-11(20)5-6-12(13)21/h1-7,14H,8H2,(H,22,27)(H,23,24,25,28)/t14-/m1/s1. The predicted octanol–water partition coefficient (Wildman–Crippen LogP) is 4.43. The van der Waals surface area contributed by atoms with Gasteiger partial charge in [-0.15, -0.1) is 5.10 Å². The molecule has 1 aliphatic rings. The Hall–Kier alpha value is -2.61. The topological polar surface area (TPSA) is 88.9 Å². The second kappa shape index (κ2) is 7.43. The van der Waals surface area contributed by atoms with Crippen LogP contribution < -0.4 is 10.6 Å². The van der Waals surface area contributed by atoms with Crippen LogP contribution in [0, 0.1) is 0 Å². The Bertz CT molecular complexity index is 1080. The lowest BCUT2D eigenvalue weighted by atomic mass is 10.2. The minimum atomic E-state index is -0.818. The lowest BCUT2D eigenvalue weighted by Crippen LogP contribution is -2.23. The van der Waals surface area contributed by atoms with E-state index in [4.69, 9.17) is 34.8 Å². The largest absolute Gasteiger partial charge is 0.325 e. The molecule has 1 atom stereocenters. The van der Waals surface area contributed by atoms with Crippen LogP contribution in [-0.2, 0) is 9.59 Å². The summed E-state index contributed by atoms with van der Waals surface area (Å²) in [6.07, 6.45) is -0.134. The van der Waals surface area contributed by atoms with E-state index in [1.54, 1.807) is 36.4 Å². The molecule has 10 heteroatoms. The van der Waals surface area contributed by atoms with Crippen LogP contribution in [0.2, 0.25) is 15.1 Å². The van der Waals surface area contributed by atoms with Crippen LogP contribution in [-0.4, -0.2) is 26.6 Å². The monoisotopic (exact) mass is 435 g/mol. The van der Waals surface area contributed by atoms with Gasteiger partial charge in [0.1, 0.15) is 6.04 Å². The van der Waals surface area contributed by atoms with Crippen LogP contribution in [0.15, 0.2) is 42.5 Å². The minimum Gasteiger partial charge on any atom is -0.325 e. The van der Waals surface area contributed by atoms with Crippen LogP contribution in [0.4, 0.5) is 11.6 Å². The number of hydrogen-bond donors (Lipinski definition) is 2. The molecule has 0 saturated heterocycles. The highest BCUT2D eigenvalue weighted by atomic mass is 35.5. The van der Waals surface area contributed by atoms with Crippen molar-refractivity contribution in [3.05, 3.63) is 57.5 Å². The highest BCUT2D eigenvalue weighted by Crippen LogP contribution is 2.30. The van der Waals surface area contributed by atoms with Gasteiger partial charge < -0.3 is 5.32 Å². The number of benzene rings is 2. The highest BCUT2D eigenvalue weighted by molar-refractivity contribution is 6.35. The molecule has 3 aromatic rings. The van der Waals surface area contributed by atoms with E-state index in [9.17, 15) is 9.59 Å². The molecule has 2 N–H and O–H groups in total. The Morgan fingerprint density at radius 3 is 2.57 bits per heavy atom. The van der Waals surface area contributed by atoms with Gasteiger partial charge >= 0.3 is 0 Å². The first-order valence-electron chi connectivity index (χ1n) is 8.19. The van der Waals surface area contributed by atoms with Crippen molar-refractivity contribution in [1.82, 2.24) is 14.8 Å². The van der Waals surface area contributed by atoms with Gasteiger partial charge in [0, 0.05) is 15.6 Å². The molecule has 0 spiro atoms. The maximum Gasteiger partial charge on any atom is 0.252 e. The lowest BCUT2D eigenvalue weighted by Gasteiger charge is -2.11. The number of fused-ring (bicyclic) bond motifs is 1. The van der Waals surface area contributed by atoms with Gasteiger partial charge in [0.2, 0.25) is 11.9 Å². The highest BCUT2D eigenvalue weighted by Gasteiger charge is 2.35. The van der Waals surface area contributed by atoms with Crippen molar-refractivity contribution < 1.29 is 9.59 Å². The van der Waals surface area contributed by atoms with Gasteiger partial charge in [-0.25, -0.2) is 4.68 Å². The zero-order valence-corrected chi connectivity index (χ0v) is 16.4. The predicted molar refractivity (Wildman–Crippen MR) is 108 cm³/mol. The number of carbonyl (C=O) groups is 2. The Labute approximate surface area is 174 Å². The van der Waals surface area contributed by atoms with Gasteiger partial charge in [-0.05, 0) is 42.5 Å². The van der Waals surface area contributed by atoms with Crippen molar-refractivity contribution in [2.45, 2.75) is 12.5 Å². The number of nitrogens with one attached hydrogen (secondary N) is 2. The molecule has 0 bridgehead atoms. The fraction of sp³-hybridized carbons (Fsp3) is 0.111. The SMILES string of the molecule is O=C(C[C@@H]1C(=O)Nc2nc(-c3ccc(Cl)cc3)nn21)Nc1cc(Cl)ccc1Cl. The van der Waals surface area contributed by atoms with Crippen molar-refractivity contribution in [2.24, 2.45) is 0 Å². The first-order valence-corrected chi connectivity index (χ1v) is 9.32. The van der Waals surface area contributed by atoms with E-state index in [0.717, 1.165) is 5.56 Å². The number of carbonyl (C=O) groups excluding carboxylic acids is 2. The van der Waals surface area contributed by atoms with E-state index < -0.39 is 11.9 Å². The molecule has 1 aromatic heterocycles. The van der Waals surface area contributed by atoms with E-state index in [1.165, 1.54) is 10.7 Å². The molecule has 2 aromatic carbocycles. The Balaban J connectivity index is 1.53. The van der Waals surface area contributed by atoms with E-state index in [2.05, 4.69) is 20.7 Å². The average molecular weight is 437 g/mol. The first kappa shape index (κ1) is 18.7. The summed E-state index contributed by atoms with van der Waals surface area (Å²) in [4.78, 5) is 29.0. The molecule has 0 unspecified atom stereocenters. The summed E-state index contributed by atoms with van der Waals surface area (Å²) in [6.45, 7) is 0. The van der Waals surface area contributed by atoms with E-state index in [1.807, 2.05) is 0 Å². The van der Waals surface area contributed by atoms with Crippen molar-refractivity contribution in [2.75, 3.05) is 10.6 Å². The average Bonchev–Trinajstić information content (AvgIpc) is 3.18. The fourth-order valence-electron chi connectivity index (χ4n) is 2.80. The van der Waals surface area contributed by atoms with Gasteiger partial charge in [0.15, 0.2) is 5.82 Å². The van der Waals surface area contributed by atoms with Crippen LogP contribution in [0.3, 0.4) is 0 Å². The molecule has 0 saturated carbocycles. The van der Waals surface area contributed by atoms with E-state index in [0.29, 0.717) is 26.6 Å². The molecular weight excluding hydrogens is 425 g/mol. The molecule has 2 heterocycles. The van der Waals surface area contributed by atoms with Crippen LogP contribution in [0.5, 0.6) is 0 Å². The fourth-order valence-corrected chi connectivity index (χ4v) is 3.26. The Morgan fingerprint density at radius 2 is 1.82 bits per heavy atom. The second-order valence-corrected chi connectivity index (χ2v) is 7.37. The Kier molecular flexibility index (Phi) is 4.97. The van der Waals surface area contributed by atoms with Gasteiger partial charge in [0.25, 0.3) is 5.91 Å². The quantitative estimate of drug-likeness (QED) is 0.633. The second-order valence-electron chi connectivity index (χ2n) is 6.09. The zero-order valence-electron chi connectivity index (χ0n) is 14.1. The molecule has 142 valence electrons. The maximum absolute atomic E-state index is 12.4. The summed E-state index contributed by atoms with van der Waals surface area (Å²) in [5.74, 6) is -0.0470. The smallest absolute Gasteiger partial charge is 0.252 e. The van der Waals surface area contributed by atoms with Crippen molar-refractivity contribution >= 4 is 58.3 Å². The van der Waals surface area contributed by atoms with Crippen LogP contribution in [0.25, 0.3) is 11.4 Å². The number of anilines is 2. The minimum absolute atomic E-state index is 0.134. The van der Waals surface area contributed by atoms with Crippen LogP contribution >= 0.6 is 34.8 Å². The molecule has 7 nitrogen and oxygen atoms in total. The summed E-state index contributed by atoms with van der Waals surface area (Å²) in [5, 5.41) is 11.0. The summed E-state index contributed by atoms with van der Waals surface area (Å²) in [6, 6.07) is 10.9. The Morgan fingerprint density at radius 1 is 1.11 bits per heavy atom. The number of aromatic nitrogens is 3. The van der Waals surface area contributed by atoms with E-state index in [-0.39, 0.29) is 18.3 Å². The molecule has 28 heavy (non-hydrogen) atoms. The van der Waals surface area contributed by atoms with Gasteiger partial charge in [-0.1, -0.05) is 34.8 Å². The lowest BCUT2D eigenvalue weighted by molar-refractivity contribution is -0.123. The molecule has 0 fully saturated rings. The third-order valence-corrected chi connectivity index (χ3v) is 4.96. The van der Waals surface area contributed by atoms with Gasteiger partial charge in [0.05, 0.1) is 17.1 Å². The number of hydrogen-bond acceptors (Lipinski definition) is 4. The molecule has 2 amide bonds. The summed E-state index contributed by atoms with van der Waals surface area (Å²) < 4.78 is 1.41. The normalized spacial score (nSPS) is 15.2. The molecule has 4 rings (SSSR count). The maximum atomic E-state index is 12.4. The molecule has 0 radical (unpaired) electrons. The van der Waals surface area contributed by atoms with Gasteiger partial charge in [-0.2, -0.15) is 4.98 Å². The van der Waals surface area contributed by atoms with Crippen molar-refractivity contribution in [3.63, 3.8) is 0 Å². The van der Waals surface area contributed by atoms with E-state index >= 15 is 0 Å². The number of nitrogens with zero attached hydrogens (tertiary/aromatic N) is 3. The third kappa shape index (κ3) is 3.69. The first-order chi connectivity index (χ1) is 13.4. The number of amides is 2. The number of halogens is 3.